The summed E-state index contributed by atoms with van der Waals surface area (Å²) in [6, 6.07) is 29.2. The second-order valence-corrected chi connectivity index (χ2v) is 10.1. The number of pyridine rings is 2. The Morgan fingerprint density at radius 2 is 1.59 bits per heavy atom. The number of rotatable bonds is 4. The minimum atomic E-state index is -0.305. The molecular weight excluding hydrogens is 489 g/mol. The average molecular weight is 506 g/mol. The molecule has 0 spiro atoms. The average Bonchev–Trinajstić information content (AvgIpc) is 3.43. The van der Waals surface area contributed by atoms with E-state index in [0.29, 0.717) is 11.1 Å². The van der Waals surface area contributed by atoms with Gasteiger partial charge in [0.15, 0.2) is 0 Å². The summed E-state index contributed by atoms with van der Waals surface area (Å²) in [5, 5.41) is 0.853. The van der Waals surface area contributed by atoms with E-state index in [1.165, 1.54) is 0 Å². The normalized spacial score (nSPS) is 14.1. The number of ketones is 2. The third-order valence-corrected chi connectivity index (χ3v) is 7.82. The number of Topliss-reactive ketones (excluding diaryl/α,β-unsaturated/α-hetero) is 2. The predicted molar refractivity (Wildman–Crippen MR) is 134 cm³/mol. The SMILES string of the molecule is O=C1/C(=C\c2ccc(N(c3ccccc3)c3ccccn3)[se]2)C(=O)c2nc3ccccc3cc21. The zero-order valence-electron chi connectivity index (χ0n) is 17.9. The van der Waals surface area contributed by atoms with Gasteiger partial charge in [-0.2, -0.15) is 0 Å². The topological polar surface area (TPSA) is 63.2 Å². The molecule has 1 aliphatic rings. The van der Waals surface area contributed by atoms with Crippen molar-refractivity contribution in [2.45, 2.75) is 0 Å². The number of hydrogen-bond acceptors (Lipinski definition) is 5. The van der Waals surface area contributed by atoms with Gasteiger partial charge in [-0.25, -0.2) is 0 Å². The van der Waals surface area contributed by atoms with Crippen LogP contribution in [0.3, 0.4) is 0 Å². The van der Waals surface area contributed by atoms with Gasteiger partial charge in [0.05, 0.1) is 0 Å². The van der Waals surface area contributed by atoms with Gasteiger partial charge in [-0.15, -0.1) is 0 Å². The van der Waals surface area contributed by atoms with E-state index in [4.69, 9.17) is 0 Å². The molecule has 0 unspecified atom stereocenters. The van der Waals surface area contributed by atoms with E-state index in [0.717, 1.165) is 25.9 Å². The van der Waals surface area contributed by atoms with E-state index in [2.05, 4.69) is 14.9 Å². The van der Waals surface area contributed by atoms with Crippen molar-refractivity contribution in [3.63, 3.8) is 0 Å². The van der Waals surface area contributed by atoms with Crippen LogP contribution < -0.4 is 4.90 Å². The van der Waals surface area contributed by atoms with Crippen molar-refractivity contribution in [1.29, 1.82) is 0 Å². The van der Waals surface area contributed by atoms with E-state index >= 15 is 0 Å². The molecule has 0 radical (unpaired) electrons. The van der Waals surface area contributed by atoms with Gasteiger partial charge < -0.3 is 0 Å². The van der Waals surface area contributed by atoms with Gasteiger partial charge in [0, 0.05) is 0 Å². The van der Waals surface area contributed by atoms with E-state index in [1.54, 1.807) is 18.3 Å². The summed E-state index contributed by atoms with van der Waals surface area (Å²) in [5.74, 6) is 0.258. The number of benzene rings is 2. The van der Waals surface area contributed by atoms with Crippen molar-refractivity contribution in [3.05, 3.63) is 118 Å². The van der Waals surface area contributed by atoms with Crippen molar-refractivity contribution < 1.29 is 9.59 Å². The number of hydrogen-bond donors (Lipinski definition) is 0. The van der Waals surface area contributed by atoms with Gasteiger partial charge in [0.1, 0.15) is 0 Å². The van der Waals surface area contributed by atoms with Crippen LogP contribution in [0.1, 0.15) is 25.3 Å². The molecule has 0 fully saturated rings. The Bertz CT molecular complexity index is 1490. The standard InChI is InChI=1S/C28H17N3O2Se/c32-27-21-16-18-8-4-5-11-23(18)30-26(21)28(33)22(27)17-20-13-14-25(34-20)31(19-9-2-1-3-10-19)24-12-6-7-15-29-24/h1-17H/b22-17+. The molecule has 0 saturated carbocycles. The zero-order chi connectivity index (χ0) is 23.1. The molecule has 0 aliphatic heterocycles. The summed E-state index contributed by atoms with van der Waals surface area (Å²) in [6.45, 7) is 0. The van der Waals surface area contributed by atoms with Crippen molar-refractivity contribution in [2.75, 3.05) is 4.90 Å². The molecule has 0 bridgehead atoms. The number of nitrogens with zero attached hydrogens (tertiary/aromatic N) is 3. The van der Waals surface area contributed by atoms with Crippen LogP contribution in [0, 0.1) is 0 Å². The molecule has 1 aliphatic carbocycles. The summed E-state index contributed by atoms with van der Waals surface area (Å²) in [7, 11) is 0. The Balaban J connectivity index is 1.39. The maximum absolute atomic E-state index is 13.1. The Kier molecular flexibility index (Phi) is 5.02. The Morgan fingerprint density at radius 3 is 2.41 bits per heavy atom. The van der Waals surface area contributed by atoms with Crippen molar-refractivity contribution in [1.82, 2.24) is 9.97 Å². The number of para-hydroxylation sites is 2. The van der Waals surface area contributed by atoms with Crippen LogP contribution in [-0.2, 0) is 0 Å². The van der Waals surface area contributed by atoms with E-state index < -0.39 is 0 Å². The number of carbonyl (C=O) groups excluding carboxylic acids is 2. The molecule has 0 N–H and O–H groups in total. The van der Waals surface area contributed by atoms with Crippen LogP contribution in [0.4, 0.5) is 16.1 Å². The predicted octanol–water partition coefficient (Wildman–Crippen LogP) is 5.62. The Labute approximate surface area is 201 Å². The molecule has 2 aromatic carbocycles. The van der Waals surface area contributed by atoms with Gasteiger partial charge in [0.25, 0.3) is 0 Å². The quantitative estimate of drug-likeness (QED) is 0.180. The molecule has 0 amide bonds. The van der Waals surface area contributed by atoms with Crippen LogP contribution in [-0.4, -0.2) is 36.0 Å². The summed E-state index contributed by atoms with van der Waals surface area (Å²) in [6.07, 6.45) is 3.51. The third-order valence-electron chi connectivity index (χ3n) is 5.69. The fraction of sp³-hybridized carbons (Fsp3) is 0. The first-order chi connectivity index (χ1) is 16.7. The van der Waals surface area contributed by atoms with Crippen molar-refractivity contribution >= 4 is 59.1 Å². The van der Waals surface area contributed by atoms with Gasteiger partial charge in [-0.1, -0.05) is 0 Å². The fourth-order valence-corrected chi connectivity index (χ4v) is 6.14. The molecule has 5 nitrogen and oxygen atoms in total. The molecule has 6 rings (SSSR count). The van der Waals surface area contributed by atoms with Gasteiger partial charge >= 0.3 is 202 Å². The van der Waals surface area contributed by atoms with Crippen LogP contribution in [0.5, 0.6) is 0 Å². The van der Waals surface area contributed by atoms with Gasteiger partial charge in [-0.05, 0) is 0 Å². The zero-order valence-corrected chi connectivity index (χ0v) is 19.6. The monoisotopic (exact) mass is 507 g/mol. The molecule has 6 heteroatoms. The minimum absolute atomic E-state index is 0.117. The van der Waals surface area contributed by atoms with Crippen LogP contribution in [0.15, 0.2) is 103 Å². The van der Waals surface area contributed by atoms with Crippen LogP contribution in [0.25, 0.3) is 17.0 Å². The Hall–Kier alpha value is -4.12. The first kappa shape index (κ1) is 20.5. The number of anilines is 3. The summed E-state index contributed by atoms with van der Waals surface area (Å²) in [4.78, 5) is 37.3. The number of aromatic nitrogens is 2. The first-order valence-corrected chi connectivity index (χ1v) is 12.5. The van der Waals surface area contributed by atoms with Gasteiger partial charge in [-0.3, -0.25) is 0 Å². The number of allylic oxidation sites excluding steroid dienone is 1. The van der Waals surface area contributed by atoms with E-state index in [9.17, 15) is 9.59 Å². The summed E-state index contributed by atoms with van der Waals surface area (Å²) in [5.41, 5.74) is 2.53. The molecule has 3 heterocycles. The second-order valence-electron chi connectivity index (χ2n) is 7.83. The number of carbonyl (C=O) groups is 2. The van der Waals surface area contributed by atoms with Crippen LogP contribution in [0.2, 0.25) is 0 Å². The molecule has 0 atom stereocenters. The van der Waals surface area contributed by atoms with Crippen LogP contribution >= 0.6 is 0 Å². The van der Waals surface area contributed by atoms with E-state index in [1.807, 2.05) is 84.9 Å². The summed E-state index contributed by atoms with van der Waals surface area (Å²) >= 11 is -0.117. The number of fused-ring (bicyclic) bond motifs is 2. The Morgan fingerprint density at radius 1 is 0.794 bits per heavy atom. The van der Waals surface area contributed by atoms with E-state index in [-0.39, 0.29) is 37.3 Å². The van der Waals surface area contributed by atoms with Crippen molar-refractivity contribution in [2.24, 2.45) is 0 Å². The van der Waals surface area contributed by atoms with Crippen molar-refractivity contribution in [3.8, 4) is 0 Å². The fourth-order valence-electron chi connectivity index (χ4n) is 4.09. The second kappa shape index (κ2) is 8.34. The maximum atomic E-state index is 13.1. The first-order valence-electron chi connectivity index (χ1n) is 10.8. The van der Waals surface area contributed by atoms with Gasteiger partial charge in [0.2, 0.25) is 0 Å². The molecule has 34 heavy (non-hydrogen) atoms. The third kappa shape index (κ3) is 3.50. The summed E-state index contributed by atoms with van der Waals surface area (Å²) < 4.78 is 2.02. The molecule has 3 aromatic heterocycles. The molecular formula is C28H17N3O2Se. The molecule has 0 saturated heterocycles. The molecule has 162 valence electrons. The molecule has 5 aromatic rings.